The molecule has 0 amide bonds. The Morgan fingerprint density at radius 1 is 1.39 bits per heavy atom. The lowest BCUT2D eigenvalue weighted by molar-refractivity contribution is 0.0874. The molecule has 7 heteroatoms. The van der Waals surface area contributed by atoms with Gasteiger partial charge in [-0.05, 0) is 19.4 Å². The average molecular weight is 342 g/mol. The maximum atomic E-state index is 14.3. The van der Waals surface area contributed by atoms with Gasteiger partial charge >= 0.3 is 0 Å². The van der Waals surface area contributed by atoms with Crippen LogP contribution < -0.4 is 0 Å². The summed E-state index contributed by atoms with van der Waals surface area (Å²) in [4.78, 5) is 4.52. The summed E-state index contributed by atoms with van der Waals surface area (Å²) in [5, 5.41) is 0. The molecule has 0 saturated heterocycles. The smallest absolute Gasteiger partial charge is 0.238 e. The van der Waals surface area contributed by atoms with Crippen LogP contribution in [0.5, 0.6) is 0 Å². The molecule has 0 aromatic heterocycles. The van der Waals surface area contributed by atoms with Gasteiger partial charge in [0.25, 0.3) is 0 Å². The number of halogens is 1. The predicted molar refractivity (Wildman–Crippen MR) is 88.5 cm³/mol. The predicted octanol–water partition coefficient (Wildman–Crippen LogP) is 2.53. The first-order valence-corrected chi connectivity index (χ1v) is 9.29. The highest BCUT2D eigenvalue weighted by molar-refractivity contribution is 7.89. The Kier molecular flexibility index (Phi) is 5.41. The maximum Gasteiger partial charge on any atom is 0.238 e. The third-order valence-corrected chi connectivity index (χ3v) is 5.97. The number of aliphatic imine (C=N–C) groups is 1. The van der Waals surface area contributed by atoms with E-state index in [9.17, 15) is 12.8 Å². The number of sulfonamides is 1. The zero-order valence-electron chi connectivity index (χ0n) is 13.8. The van der Waals surface area contributed by atoms with E-state index >= 15 is 0 Å². The lowest BCUT2D eigenvalue weighted by atomic mass is 9.92. The highest BCUT2D eigenvalue weighted by Gasteiger charge is 2.44. The summed E-state index contributed by atoms with van der Waals surface area (Å²) in [5.41, 5.74) is -0.985. The lowest BCUT2D eigenvalue weighted by Crippen LogP contribution is -2.50. The van der Waals surface area contributed by atoms with Gasteiger partial charge in [0.1, 0.15) is 22.9 Å². The van der Waals surface area contributed by atoms with Crippen molar-refractivity contribution < 1.29 is 17.5 Å². The summed E-state index contributed by atoms with van der Waals surface area (Å²) in [6.07, 6.45) is 1.83. The maximum absolute atomic E-state index is 14.3. The van der Waals surface area contributed by atoms with E-state index in [0.717, 1.165) is 17.1 Å². The molecule has 0 saturated carbocycles. The monoisotopic (exact) mass is 342 g/mol. The van der Waals surface area contributed by atoms with E-state index in [-0.39, 0.29) is 17.9 Å². The second kappa shape index (κ2) is 6.97. The summed E-state index contributed by atoms with van der Waals surface area (Å²) >= 11 is 0. The van der Waals surface area contributed by atoms with Crippen molar-refractivity contribution in [1.29, 1.82) is 0 Å². The quantitative estimate of drug-likeness (QED) is 0.747. The molecule has 1 heterocycles. The van der Waals surface area contributed by atoms with Crippen LogP contribution in [-0.4, -0.2) is 44.6 Å². The molecule has 23 heavy (non-hydrogen) atoms. The molecular formula is C16H23FN2O3S. The van der Waals surface area contributed by atoms with Crippen LogP contribution in [0.2, 0.25) is 0 Å². The summed E-state index contributed by atoms with van der Waals surface area (Å²) in [7, 11) is -2.11. The van der Waals surface area contributed by atoms with Crippen LogP contribution in [0, 0.1) is 5.82 Å². The van der Waals surface area contributed by atoms with Crippen molar-refractivity contribution in [3.05, 3.63) is 35.6 Å². The molecular weight excluding hydrogens is 319 g/mol. The van der Waals surface area contributed by atoms with Gasteiger partial charge in [-0.1, -0.05) is 31.5 Å². The second-order valence-electron chi connectivity index (χ2n) is 5.80. The summed E-state index contributed by atoms with van der Waals surface area (Å²) < 4.78 is 46.0. The van der Waals surface area contributed by atoms with Crippen LogP contribution in [0.15, 0.2) is 29.3 Å². The van der Waals surface area contributed by atoms with Gasteiger partial charge < -0.3 is 4.74 Å². The number of amidine groups is 1. The molecule has 1 aliphatic heterocycles. The first-order chi connectivity index (χ1) is 10.8. The van der Waals surface area contributed by atoms with Gasteiger partial charge in [-0.15, -0.1) is 0 Å². The Morgan fingerprint density at radius 3 is 2.70 bits per heavy atom. The van der Waals surface area contributed by atoms with E-state index < -0.39 is 21.4 Å². The van der Waals surface area contributed by atoms with E-state index in [0.29, 0.717) is 12.4 Å². The molecule has 1 aromatic rings. The number of benzene rings is 1. The fraction of sp³-hybridized carbons (Fsp3) is 0.562. The Balaban J connectivity index is 2.47. The van der Waals surface area contributed by atoms with Gasteiger partial charge in [0.15, 0.2) is 0 Å². The Labute approximate surface area is 137 Å². The number of unbranched alkanes of at least 4 members (excludes halogenated alkanes) is 1. The Hall–Kier alpha value is -1.47. The molecule has 1 aliphatic rings. The van der Waals surface area contributed by atoms with Crippen molar-refractivity contribution in [3.63, 3.8) is 0 Å². The third kappa shape index (κ3) is 3.72. The molecule has 0 fully saturated rings. The molecule has 0 radical (unpaired) electrons. The van der Waals surface area contributed by atoms with Crippen molar-refractivity contribution in [3.8, 4) is 0 Å². The first-order valence-electron chi connectivity index (χ1n) is 7.68. The van der Waals surface area contributed by atoms with E-state index in [1.807, 2.05) is 6.92 Å². The van der Waals surface area contributed by atoms with Crippen molar-refractivity contribution in [2.45, 2.75) is 32.2 Å². The molecule has 5 nitrogen and oxygen atoms in total. The van der Waals surface area contributed by atoms with E-state index in [1.165, 1.54) is 13.1 Å². The fourth-order valence-electron chi connectivity index (χ4n) is 2.63. The van der Waals surface area contributed by atoms with Gasteiger partial charge in [0, 0.05) is 19.2 Å². The van der Waals surface area contributed by atoms with Crippen LogP contribution in [0.4, 0.5) is 4.39 Å². The molecule has 1 atom stereocenters. The highest BCUT2D eigenvalue weighted by atomic mass is 32.2. The topological polar surface area (TPSA) is 59.0 Å². The SMILES string of the molecule is CCCCOCC1(c2ccccc2F)CS(=O)(=O)N(C)C(C)=N1. The minimum Gasteiger partial charge on any atom is -0.379 e. The third-order valence-electron chi connectivity index (χ3n) is 4.03. The number of hydrogen-bond acceptors (Lipinski definition) is 4. The largest absolute Gasteiger partial charge is 0.379 e. The molecule has 1 aromatic carbocycles. The average Bonchev–Trinajstić information content (AvgIpc) is 2.49. The van der Waals surface area contributed by atoms with Gasteiger partial charge in [0.05, 0.1) is 6.61 Å². The Bertz CT molecular complexity index is 690. The lowest BCUT2D eigenvalue weighted by Gasteiger charge is -2.37. The molecule has 1 unspecified atom stereocenters. The molecule has 128 valence electrons. The molecule has 0 spiro atoms. The fourth-order valence-corrected chi connectivity index (χ4v) is 4.17. The van der Waals surface area contributed by atoms with Crippen molar-refractivity contribution in [2.24, 2.45) is 4.99 Å². The summed E-state index contributed by atoms with van der Waals surface area (Å²) in [6, 6.07) is 6.15. The molecule has 2 rings (SSSR count). The zero-order valence-corrected chi connectivity index (χ0v) is 14.6. The number of nitrogens with zero attached hydrogens (tertiary/aromatic N) is 2. The van der Waals surface area contributed by atoms with E-state index in [1.54, 1.807) is 25.1 Å². The van der Waals surface area contributed by atoms with Crippen LogP contribution in [0.25, 0.3) is 0 Å². The van der Waals surface area contributed by atoms with Crippen LogP contribution in [0.1, 0.15) is 32.3 Å². The van der Waals surface area contributed by atoms with Crippen LogP contribution in [0.3, 0.4) is 0 Å². The molecule has 0 aliphatic carbocycles. The van der Waals surface area contributed by atoms with E-state index in [4.69, 9.17) is 4.74 Å². The summed E-state index contributed by atoms with van der Waals surface area (Å²) in [5.74, 6) is -0.442. The number of rotatable bonds is 6. The van der Waals surface area contributed by atoms with Crippen molar-refractivity contribution >= 4 is 15.9 Å². The second-order valence-corrected chi connectivity index (χ2v) is 7.80. The van der Waals surface area contributed by atoms with E-state index in [2.05, 4.69) is 4.99 Å². The first kappa shape index (κ1) is 17.9. The van der Waals surface area contributed by atoms with Gasteiger partial charge in [-0.2, -0.15) is 0 Å². The van der Waals surface area contributed by atoms with Gasteiger partial charge in [0.2, 0.25) is 10.0 Å². The minimum absolute atomic E-state index is 0.0400. The minimum atomic E-state index is -3.57. The number of hydrogen-bond donors (Lipinski definition) is 0. The van der Waals surface area contributed by atoms with Crippen LogP contribution in [-0.2, 0) is 20.3 Å². The van der Waals surface area contributed by atoms with Crippen molar-refractivity contribution in [2.75, 3.05) is 26.0 Å². The zero-order chi connectivity index (χ0) is 17.1. The standard InChI is InChI=1S/C16H23FN2O3S/c1-4-5-10-22-11-16(14-8-6-7-9-15(14)17)12-23(20,21)19(3)13(2)18-16/h6-9H,4-5,10-12H2,1-3H3. The molecule has 0 bridgehead atoms. The number of ether oxygens (including phenoxy) is 1. The normalized spacial score (nSPS) is 23.7. The highest BCUT2D eigenvalue weighted by Crippen LogP contribution is 2.34. The Morgan fingerprint density at radius 2 is 2.09 bits per heavy atom. The van der Waals surface area contributed by atoms with Crippen LogP contribution >= 0.6 is 0 Å². The summed E-state index contributed by atoms with van der Waals surface area (Å²) in [6.45, 7) is 4.19. The van der Waals surface area contributed by atoms with Gasteiger partial charge in [-0.25, -0.2) is 12.8 Å². The van der Waals surface area contributed by atoms with Crippen molar-refractivity contribution in [1.82, 2.24) is 4.31 Å². The molecule has 0 N–H and O–H groups in total. The van der Waals surface area contributed by atoms with Gasteiger partial charge in [-0.3, -0.25) is 9.30 Å².